The first-order valence-corrected chi connectivity index (χ1v) is 12.4. The van der Waals surface area contributed by atoms with E-state index in [0.29, 0.717) is 12.0 Å². The number of carbonyl (C=O) groups excluding carboxylic acids is 1. The maximum Gasteiger partial charge on any atom is 0.266 e. The maximum absolute atomic E-state index is 14.7. The van der Waals surface area contributed by atoms with Crippen LogP contribution in [0.5, 0.6) is 0 Å². The summed E-state index contributed by atoms with van der Waals surface area (Å²) < 4.78 is 69.6. The van der Waals surface area contributed by atoms with Gasteiger partial charge >= 0.3 is 0 Å². The summed E-state index contributed by atoms with van der Waals surface area (Å²) in [5.74, 6) is -1.53. The minimum atomic E-state index is -3.02. The second-order valence-corrected chi connectivity index (χ2v) is 10.5. The van der Waals surface area contributed by atoms with Gasteiger partial charge in [0.1, 0.15) is 11.4 Å². The Bertz CT molecular complexity index is 1260. The van der Waals surface area contributed by atoms with Crippen LogP contribution in [-0.2, 0) is 5.54 Å². The number of pyridine rings is 1. The molecule has 3 aliphatic rings. The number of nitrogens with one attached hydrogen (secondary N) is 2. The standard InChI is InChI=1S/C26H29F5N4O2/c1-13(16-4-3-5-17(22(16)27)23(28)29)32-24(37)18-12-35(26(6-7-26)25(30)31)21(36)10-20(18)33-19-9-15-8-14(19)11-34(15)2/h3-5,10,12-15,19,23,25,33H,6-9,11H2,1-2H3,(H,32,37)/t13?,14-,15-,19+/m1/s1. The maximum atomic E-state index is 14.7. The molecular weight excluding hydrogens is 495 g/mol. The van der Waals surface area contributed by atoms with Crippen molar-refractivity contribution in [3.63, 3.8) is 0 Å². The Balaban J connectivity index is 1.47. The van der Waals surface area contributed by atoms with Gasteiger partial charge in [-0.3, -0.25) is 9.59 Å². The highest BCUT2D eigenvalue weighted by Crippen LogP contribution is 2.48. The van der Waals surface area contributed by atoms with Gasteiger partial charge in [0.2, 0.25) is 0 Å². The number of halogens is 5. The minimum Gasteiger partial charge on any atom is -0.381 e. The quantitative estimate of drug-likeness (QED) is 0.493. The van der Waals surface area contributed by atoms with Crippen LogP contribution >= 0.6 is 0 Å². The van der Waals surface area contributed by atoms with Crippen LogP contribution < -0.4 is 16.2 Å². The number of nitrogens with zero attached hydrogens (tertiary/aromatic N) is 2. The molecule has 37 heavy (non-hydrogen) atoms. The number of benzene rings is 1. The van der Waals surface area contributed by atoms with Crippen molar-refractivity contribution in [1.82, 2.24) is 14.8 Å². The van der Waals surface area contributed by atoms with Crippen LogP contribution in [-0.4, -0.2) is 47.5 Å². The van der Waals surface area contributed by atoms with Crippen molar-refractivity contribution in [2.45, 2.75) is 69.1 Å². The van der Waals surface area contributed by atoms with E-state index in [9.17, 15) is 31.5 Å². The third-order valence-electron chi connectivity index (χ3n) is 8.21. The normalized spacial score (nSPS) is 25.1. The molecule has 0 radical (unpaired) electrons. The molecule has 2 heterocycles. The largest absolute Gasteiger partial charge is 0.381 e. The SMILES string of the molecule is CC(NC(=O)c1cn(C2(C(F)F)CC2)c(=O)cc1N[C@H]1C[C@H]2C[C@@H]1CN2C)c1cccc(C(F)F)c1F. The fourth-order valence-electron chi connectivity index (χ4n) is 5.85. The molecule has 1 aromatic carbocycles. The molecule has 1 amide bonds. The topological polar surface area (TPSA) is 66.4 Å². The van der Waals surface area contributed by atoms with Crippen LogP contribution in [0.3, 0.4) is 0 Å². The van der Waals surface area contributed by atoms with E-state index in [4.69, 9.17) is 0 Å². The number of amides is 1. The third kappa shape index (κ3) is 4.51. The van der Waals surface area contributed by atoms with Crippen molar-refractivity contribution in [1.29, 1.82) is 0 Å². The van der Waals surface area contributed by atoms with Gasteiger partial charge in [-0.25, -0.2) is 22.0 Å². The average Bonchev–Trinajstić information content (AvgIpc) is 3.44. The Hall–Kier alpha value is -2.95. The number of rotatable bonds is 8. The van der Waals surface area contributed by atoms with Gasteiger partial charge in [0.05, 0.1) is 22.9 Å². The van der Waals surface area contributed by atoms with Crippen LogP contribution in [0.1, 0.15) is 66.6 Å². The van der Waals surface area contributed by atoms with Gasteiger partial charge in [0.25, 0.3) is 24.3 Å². The molecule has 0 spiro atoms. The summed E-state index contributed by atoms with van der Waals surface area (Å²) in [6.45, 7) is 2.31. The van der Waals surface area contributed by atoms with Crippen molar-refractivity contribution in [2.24, 2.45) is 5.92 Å². The Morgan fingerprint density at radius 2 is 1.84 bits per heavy atom. The lowest BCUT2D eigenvalue weighted by atomic mass is 10.0. The first-order valence-electron chi connectivity index (χ1n) is 12.4. The zero-order valence-corrected chi connectivity index (χ0v) is 20.5. The fourth-order valence-corrected chi connectivity index (χ4v) is 5.85. The van der Waals surface area contributed by atoms with Gasteiger partial charge in [0, 0.05) is 36.5 Å². The molecule has 6 nitrogen and oxygen atoms in total. The lowest BCUT2D eigenvalue weighted by Crippen LogP contribution is -2.40. The number of piperidine rings is 1. The minimum absolute atomic E-state index is 0.00516. The molecule has 2 aromatic rings. The first-order chi connectivity index (χ1) is 17.5. The zero-order chi connectivity index (χ0) is 26.6. The smallest absolute Gasteiger partial charge is 0.266 e. The molecule has 1 aromatic heterocycles. The summed E-state index contributed by atoms with van der Waals surface area (Å²) in [5.41, 5.74) is -3.00. The molecule has 4 atom stereocenters. The number of carbonyl (C=O) groups is 1. The summed E-state index contributed by atoms with van der Waals surface area (Å²) in [5, 5.41) is 5.90. The number of alkyl halides is 4. The second-order valence-electron chi connectivity index (χ2n) is 10.5. The van der Waals surface area contributed by atoms with Crippen LogP contribution in [0.2, 0.25) is 0 Å². The lowest BCUT2D eigenvalue weighted by molar-refractivity contribution is 0.0648. The Kier molecular flexibility index (Phi) is 6.54. The van der Waals surface area contributed by atoms with Crippen LogP contribution in [0.4, 0.5) is 27.6 Å². The second kappa shape index (κ2) is 9.41. The molecule has 2 aliphatic carbocycles. The molecule has 3 fully saturated rings. The Labute approximate surface area is 210 Å². The first kappa shape index (κ1) is 25.7. The lowest BCUT2D eigenvalue weighted by Gasteiger charge is -2.30. The van der Waals surface area contributed by atoms with E-state index in [2.05, 4.69) is 15.5 Å². The number of fused-ring (bicyclic) bond motifs is 2. The highest BCUT2D eigenvalue weighted by Gasteiger charge is 2.54. The highest BCUT2D eigenvalue weighted by atomic mass is 19.3. The molecule has 1 aliphatic heterocycles. The Morgan fingerprint density at radius 1 is 1.14 bits per heavy atom. The van der Waals surface area contributed by atoms with Crippen LogP contribution in [0.15, 0.2) is 35.3 Å². The summed E-state index contributed by atoms with van der Waals surface area (Å²) in [6, 6.07) is 4.12. The van der Waals surface area contributed by atoms with Gasteiger partial charge in [-0.15, -0.1) is 0 Å². The molecule has 200 valence electrons. The zero-order valence-electron chi connectivity index (χ0n) is 20.5. The molecule has 1 unspecified atom stereocenters. The van der Waals surface area contributed by atoms with Crippen LogP contribution in [0, 0.1) is 11.7 Å². The number of aromatic nitrogens is 1. The number of likely N-dealkylation sites (tertiary alicyclic amines) is 1. The van der Waals surface area contributed by atoms with Gasteiger partial charge in [-0.1, -0.05) is 18.2 Å². The van der Waals surface area contributed by atoms with E-state index in [1.54, 1.807) is 0 Å². The van der Waals surface area contributed by atoms with Crippen molar-refractivity contribution >= 4 is 11.6 Å². The summed E-state index contributed by atoms with van der Waals surface area (Å²) in [6.07, 6.45) is -2.64. The predicted molar refractivity (Wildman–Crippen MR) is 128 cm³/mol. The molecule has 2 saturated carbocycles. The molecular formula is C26H29F5N4O2. The number of anilines is 1. The van der Waals surface area contributed by atoms with E-state index < -0.39 is 47.3 Å². The van der Waals surface area contributed by atoms with Gasteiger partial charge in [-0.05, 0) is 45.6 Å². The van der Waals surface area contributed by atoms with Crippen LogP contribution in [0.25, 0.3) is 0 Å². The molecule has 1 saturated heterocycles. The summed E-state index contributed by atoms with van der Waals surface area (Å²) in [7, 11) is 2.05. The monoisotopic (exact) mass is 524 g/mol. The average molecular weight is 525 g/mol. The van der Waals surface area contributed by atoms with E-state index in [1.165, 1.54) is 25.1 Å². The molecule has 2 bridgehead atoms. The van der Waals surface area contributed by atoms with E-state index in [-0.39, 0.29) is 35.7 Å². The molecule has 11 heteroatoms. The summed E-state index contributed by atoms with van der Waals surface area (Å²) in [4.78, 5) is 28.6. The highest BCUT2D eigenvalue weighted by molar-refractivity contribution is 5.99. The number of hydrogen-bond acceptors (Lipinski definition) is 4. The van der Waals surface area contributed by atoms with Gasteiger partial charge in [-0.2, -0.15) is 0 Å². The van der Waals surface area contributed by atoms with Gasteiger partial charge in [0.15, 0.2) is 0 Å². The predicted octanol–water partition coefficient (Wildman–Crippen LogP) is 4.67. The van der Waals surface area contributed by atoms with Crippen molar-refractivity contribution < 1.29 is 26.7 Å². The van der Waals surface area contributed by atoms with Crippen molar-refractivity contribution in [3.8, 4) is 0 Å². The number of hydrogen-bond donors (Lipinski definition) is 2. The molecule has 2 N–H and O–H groups in total. The van der Waals surface area contributed by atoms with Gasteiger partial charge < -0.3 is 20.1 Å². The van der Waals surface area contributed by atoms with E-state index in [1.807, 2.05) is 7.05 Å². The Morgan fingerprint density at radius 3 is 2.41 bits per heavy atom. The molecule has 5 rings (SSSR count). The van der Waals surface area contributed by atoms with Crippen molar-refractivity contribution in [3.05, 3.63) is 63.3 Å². The van der Waals surface area contributed by atoms with E-state index in [0.717, 1.165) is 36.2 Å². The summed E-state index contributed by atoms with van der Waals surface area (Å²) >= 11 is 0. The van der Waals surface area contributed by atoms with Crippen molar-refractivity contribution in [2.75, 3.05) is 18.9 Å². The van der Waals surface area contributed by atoms with E-state index >= 15 is 0 Å². The fraction of sp³-hybridized carbons (Fsp3) is 0.538. The third-order valence-corrected chi connectivity index (χ3v) is 8.21.